The van der Waals surface area contributed by atoms with Crippen molar-refractivity contribution in [3.63, 3.8) is 0 Å². The standard InChI is InChI=1S/C26H38FN3O7S/c1-15(2)23-22(20(33)13-18(31)12-19(32)14-21(34)37-26(3,4)5)24(16-8-10-17(27)11-9-16)29-25(28-23)30(6)38(7,35)36/h8-11,15,18-20,31-33H,12-14H2,1-7H3/t18-,19+,20?/m0/s1. The molecular formula is C26H38FN3O7S. The highest BCUT2D eigenvalue weighted by atomic mass is 32.2. The fourth-order valence-electron chi connectivity index (χ4n) is 3.80. The lowest BCUT2D eigenvalue weighted by Gasteiger charge is -2.25. The second kappa shape index (κ2) is 12.5. The predicted molar refractivity (Wildman–Crippen MR) is 141 cm³/mol. The SMILES string of the molecule is CC(C)c1nc(N(C)S(C)(=O)=O)nc(-c2ccc(F)cc2)c1C(O)C[C@@H](O)C[C@@H](O)CC(=O)OC(C)(C)C. The minimum atomic E-state index is -3.71. The zero-order valence-electron chi connectivity index (χ0n) is 22.8. The van der Waals surface area contributed by atoms with Crippen LogP contribution in [0.5, 0.6) is 0 Å². The molecule has 3 N–H and O–H groups in total. The molecule has 0 fully saturated rings. The summed E-state index contributed by atoms with van der Waals surface area (Å²) in [5.74, 6) is -1.52. The van der Waals surface area contributed by atoms with Crippen molar-refractivity contribution in [3.05, 3.63) is 41.3 Å². The van der Waals surface area contributed by atoms with Crippen molar-refractivity contribution in [2.24, 2.45) is 0 Å². The van der Waals surface area contributed by atoms with Gasteiger partial charge in [0.15, 0.2) is 0 Å². The molecule has 1 unspecified atom stereocenters. The highest BCUT2D eigenvalue weighted by Crippen LogP contribution is 2.36. The molecule has 0 aliphatic heterocycles. The average Bonchev–Trinajstić information content (AvgIpc) is 2.75. The average molecular weight is 556 g/mol. The van der Waals surface area contributed by atoms with E-state index in [1.54, 1.807) is 34.6 Å². The van der Waals surface area contributed by atoms with Crippen LogP contribution in [0.2, 0.25) is 0 Å². The number of rotatable bonds is 11. The van der Waals surface area contributed by atoms with Gasteiger partial charge in [0.2, 0.25) is 16.0 Å². The van der Waals surface area contributed by atoms with E-state index in [1.807, 2.05) is 0 Å². The number of aliphatic hydroxyl groups is 3. The van der Waals surface area contributed by atoms with Crippen LogP contribution in [0.4, 0.5) is 10.3 Å². The molecule has 0 aliphatic carbocycles. The first kappa shape index (κ1) is 31.5. The van der Waals surface area contributed by atoms with Crippen molar-refractivity contribution in [1.82, 2.24) is 9.97 Å². The molecule has 0 radical (unpaired) electrons. The topological polar surface area (TPSA) is 150 Å². The Hall–Kier alpha value is -2.67. The van der Waals surface area contributed by atoms with Crippen LogP contribution in [0.3, 0.4) is 0 Å². The van der Waals surface area contributed by atoms with Gasteiger partial charge in [-0.15, -0.1) is 0 Å². The van der Waals surface area contributed by atoms with Crippen molar-refractivity contribution >= 4 is 21.9 Å². The molecule has 1 heterocycles. The zero-order chi connectivity index (χ0) is 29.0. The monoisotopic (exact) mass is 555 g/mol. The number of aromatic nitrogens is 2. The van der Waals surface area contributed by atoms with Crippen molar-refractivity contribution < 1.29 is 37.7 Å². The summed E-state index contributed by atoms with van der Waals surface area (Å²) in [7, 11) is -2.41. The van der Waals surface area contributed by atoms with Gasteiger partial charge >= 0.3 is 5.97 Å². The lowest BCUT2D eigenvalue weighted by atomic mass is 9.91. The van der Waals surface area contributed by atoms with Crippen LogP contribution in [-0.4, -0.2) is 70.8 Å². The number of benzene rings is 1. The summed E-state index contributed by atoms with van der Waals surface area (Å²) >= 11 is 0. The summed E-state index contributed by atoms with van der Waals surface area (Å²) in [6, 6.07) is 5.32. The fraction of sp³-hybridized carbons (Fsp3) is 0.577. The van der Waals surface area contributed by atoms with Gasteiger partial charge in [0.05, 0.1) is 42.4 Å². The van der Waals surface area contributed by atoms with Gasteiger partial charge in [-0.3, -0.25) is 4.79 Å². The maximum atomic E-state index is 13.6. The summed E-state index contributed by atoms with van der Waals surface area (Å²) in [6.45, 7) is 8.72. The summed E-state index contributed by atoms with van der Waals surface area (Å²) in [4.78, 5) is 20.8. The third kappa shape index (κ3) is 8.97. The van der Waals surface area contributed by atoms with Crippen molar-refractivity contribution in [3.8, 4) is 11.3 Å². The van der Waals surface area contributed by atoms with Gasteiger partial charge in [0.1, 0.15) is 11.4 Å². The number of nitrogens with zero attached hydrogens (tertiary/aromatic N) is 3. The number of hydrogen-bond acceptors (Lipinski definition) is 9. The molecule has 212 valence electrons. The second-order valence-corrected chi connectivity index (χ2v) is 12.7. The molecular weight excluding hydrogens is 517 g/mol. The Bertz CT molecular complexity index is 1210. The summed E-state index contributed by atoms with van der Waals surface area (Å²) in [5.41, 5.74) is 0.472. The molecule has 10 nitrogen and oxygen atoms in total. The third-order valence-electron chi connectivity index (χ3n) is 5.60. The molecule has 38 heavy (non-hydrogen) atoms. The smallest absolute Gasteiger partial charge is 0.308 e. The van der Waals surface area contributed by atoms with Crippen LogP contribution in [0, 0.1) is 5.82 Å². The van der Waals surface area contributed by atoms with Crippen LogP contribution in [0.15, 0.2) is 24.3 Å². The van der Waals surface area contributed by atoms with E-state index >= 15 is 0 Å². The molecule has 1 aromatic heterocycles. The van der Waals surface area contributed by atoms with Crippen LogP contribution in [-0.2, 0) is 19.6 Å². The largest absolute Gasteiger partial charge is 0.460 e. The van der Waals surface area contributed by atoms with Gasteiger partial charge in [0, 0.05) is 24.6 Å². The lowest BCUT2D eigenvalue weighted by Crippen LogP contribution is -2.29. The van der Waals surface area contributed by atoms with Crippen molar-refractivity contribution in [2.45, 2.75) is 83.7 Å². The number of carbonyl (C=O) groups is 1. The van der Waals surface area contributed by atoms with Gasteiger partial charge in [-0.1, -0.05) is 13.8 Å². The van der Waals surface area contributed by atoms with Gasteiger partial charge in [-0.25, -0.2) is 27.1 Å². The zero-order valence-corrected chi connectivity index (χ0v) is 23.7. The molecule has 0 saturated carbocycles. The van der Waals surface area contributed by atoms with E-state index in [1.165, 1.54) is 31.3 Å². The molecule has 0 aliphatic rings. The predicted octanol–water partition coefficient (Wildman–Crippen LogP) is 3.07. The van der Waals surface area contributed by atoms with Crippen molar-refractivity contribution in [1.29, 1.82) is 0 Å². The fourth-order valence-corrected chi connectivity index (χ4v) is 4.18. The molecule has 0 bridgehead atoms. The van der Waals surface area contributed by atoms with E-state index in [2.05, 4.69) is 9.97 Å². The molecule has 0 amide bonds. The van der Waals surface area contributed by atoms with Crippen molar-refractivity contribution in [2.75, 3.05) is 17.6 Å². The second-order valence-electron chi connectivity index (χ2n) is 10.6. The number of ether oxygens (including phenoxy) is 1. The van der Waals surface area contributed by atoms with Crippen LogP contribution in [0.1, 0.15) is 77.2 Å². The van der Waals surface area contributed by atoms with Gasteiger partial charge < -0.3 is 20.1 Å². The van der Waals surface area contributed by atoms with Gasteiger partial charge in [-0.2, -0.15) is 0 Å². The Morgan fingerprint density at radius 3 is 2.13 bits per heavy atom. The molecule has 2 aromatic rings. The highest BCUT2D eigenvalue weighted by Gasteiger charge is 2.29. The van der Waals surface area contributed by atoms with Crippen LogP contribution >= 0.6 is 0 Å². The quantitative estimate of drug-likeness (QED) is 0.355. The van der Waals surface area contributed by atoms with E-state index in [4.69, 9.17) is 4.74 Å². The maximum Gasteiger partial charge on any atom is 0.308 e. The third-order valence-corrected chi connectivity index (χ3v) is 6.76. The number of carbonyl (C=O) groups excluding carboxylic acids is 1. The Labute approximate surface area is 223 Å². The summed E-state index contributed by atoms with van der Waals surface area (Å²) < 4.78 is 44.1. The Morgan fingerprint density at radius 1 is 1.05 bits per heavy atom. The highest BCUT2D eigenvalue weighted by molar-refractivity contribution is 7.92. The Morgan fingerprint density at radius 2 is 1.63 bits per heavy atom. The number of esters is 1. The van der Waals surface area contributed by atoms with Gasteiger partial charge in [-0.05, 0) is 57.4 Å². The van der Waals surface area contributed by atoms with Crippen LogP contribution < -0.4 is 4.31 Å². The summed E-state index contributed by atoms with van der Waals surface area (Å²) in [5, 5.41) is 32.1. The Balaban J connectivity index is 2.44. The first-order valence-electron chi connectivity index (χ1n) is 12.3. The van der Waals surface area contributed by atoms with E-state index in [0.717, 1.165) is 10.6 Å². The number of hydrogen-bond donors (Lipinski definition) is 3. The van der Waals surface area contributed by atoms with E-state index < -0.39 is 45.7 Å². The minimum Gasteiger partial charge on any atom is -0.460 e. The summed E-state index contributed by atoms with van der Waals surface area (Å²) in [6.07, 6.45) is -3.48. The Kier molecular flexibility index (Phi) is 10.3. The molecule has 12 heteroatoms. The van der Waals surface area contributed by atoms with Crippen LogP contribution in [0.25, 0.3) is 11.3 Å². The normalized spacial score (nSPS) is 14.7. The number of halogens is 1. The maximum absolute atomic E-state index is 13.6. The van der Waals surface area contributed by atoms with Gasteiger partial charge in [0.25, 0.3) is 0 Å². The van der Waals surface area contributed by atoms with E-state index in [9.17, 15) is 32.9 Å². The van der Waals surface area contributed by atoms with E-state index in [0.29, 0.717) is 11.3 Å². The number of sulfonamides is 1. The molecule has 1 aromatic carbocycles. The molecule has 0 spiro atoms. The first-order valence-corrected chi connectivity index (χ1v) is 14.1. The number of anilines is 1. The van der Waals surface area contributed by atoms with E-state index in [-0.39, 0.29) is 42.4 Å². The molecule has 3 atom stereocenters. The first-order chi connectivity index (χ1) is 17.4. The minimum absolute atomic E-state index is 0.125. The molecule has 0 saturated heterocycles. The molecule has 2 rings (SSSR count). The number of aliphatic hydroxyl groups excluding tert-OH is 3. The lowest BCUT2D eigenvalue weighted by molar-refractivity contribution is -0.157.